The predicted molar refractivity (Wildman–Crippen MR) is 263 cm³/mol. The van der Waals surface area contributed by atoms with Crippen LogP contribution in [0, 0.1) is 0 Å². The molecule has 0 fully saturated rings. The lowest BCUT2D eigenvalue weighted by molar-refractivity contribution is -0.150. The van der Waals surface area contributed by atoms with Crippen LogP contribution in [0.25, 0.3) is 0 Å². The Labute approximate surface area is 384 Å². The first-order valence-electron chi connectivity index (χ1n) is 26.5. The number of amides is 1. The van der Waals surface area contributed by atoms with E-state index in [0.717, 1.165) is 115 Å². The first kappa shape index (κ1) is 57.4. The molecule has 0 unspecified atom stereocenters. The van der Waals surface area contributed by atoms with Crippen molar-refractivity contribution in [2.75, 3.05) is 32.8 Å². The number of hydrogen-bond acceptors (Lipinski definition) is 7. The van der Waals surface area contributed by atoms with Crippen LogP contribution in [0.3, 0.4) is 0 Å². The molecule has 0 spiro atoms. The molecule has 1 aromatic rings. The molecular formula is C54H100N2O6. The molecule has 62 heavy (non-hydrogen) atoms. The standard InChI is InChI=1S/C54H98N2O6.H2/c1-4-7-10-13-16-25-37-48-60-52(57)42-31-21-17-23-34-45-56(47-36-33-44-55-54(59)61-49-50-38-27-26-28-39-50)46-35-24-18-22-32-43-53(58)62-51(40-29-19-14-11-8-5-2)41-30-20-15-12-9-6-3;/h26-28,38-39,51H,4-25,29-37,40-49H2,1-3H3,(H,55,59);1H. The third kappa shape index (κ3) is 39.0. The second-order valence-electron chi connectivity index (χ2n) is 18.1. The van der Waals surface area contributed by atoms with Gasteiger partial charge in [0.1, 0.15) is 12.7 Å². The molecule has 8 heteroatoms. The van der Waals surface area contributed by atoms with Crippen LogP contribution in [-0.2, 0) is 30.4 Å². The highest BCUT2D eigenvalue weighted by molar-refractivity contribution is 5.69. The number of hydrogen-bond donors (Lipinski definition) is 1. The van der Waals surface area contributed by atoms with E-state index in [1.54, 1.807) is 0 Å². The van der Waals surface area contributed by atoms with Crippen molar-refractivity contribution in [3.05, 3.63) is 35.9 Å². The van der Waals surface area contributed by atoms with Crippen LogP contribution in [0.5, 0.6) is 0 Å². The summed E-state index contributed by atoms with van der Waals surface area (Å²) in [7, 11) is 0. The third-order valence-corrected chi connectivity index (χ3v) is 12.2. The highest BCUT2D eigenvalue weighted by atomic mass is 16.6. The van der Waals surface area contributed by atoms with Gasteiger partial charge in [-0.1, -0.05) is 192 Å². The number of carbonyl (C=O) groups is 3. The summed E-state index contributed by atoms with van der Waals surface area (Å²) in [5.74, 6) is -0.0249. The van der Waals surface area contributed by atoms with E-state index in [1.807, 2.05) is 30.3 Å². The summed E-state index contributed by atoms with van der Waals surface area (Å²) in [6.07, 6.45) is 39.7. The van der Waals surface area contributed by atoms with Crippen molar-refractivity contribution in [3.8, 4) is 0 Å². The van der Waals surface area contributed by atoms with Gasteiger partial charge in [0, 0.05) is 20.8 Å². The maximum atomic E-state index is 12.9. The lowest BCUT2D eigenvalue weighted by atomic mass is 10.0. The van der Waals surface area contributed by atoms with E-state index < -0.39 is 0 Å². The van der Waals surface area contributed by atoms with Gasteiger partial charge in [-0.3, -0.25) is 9.59 Å². The minimum absolute atomic E-state index is 0. The molecule has 0 saturated carbocycles. The van der Waals surface area contributed by atoms with E-state index in [-0.39, 0.29) is 32.2 Å². The van der Waals surface area contributed by atoms with Crippen LogP contribution in [-0.4, -0.2) is 61.8 Å². The molecule has 0 aliphatic carbocycles. The molecule has 1 N–H and O–H groups in total. The fraction of sp³-hybridized carbons (Fsp3) is 0.833. The van der Waals surface area contributed by atoms with Gasteiger partial charge in [-0.15, -0.1) is 0 Å². The molecule has 1 rings (SSSR count). The SMILES string of the molecule is CCCCCCCCCOC(=O)CCCCCCCN(CCCCCCCC(=O)OC(CCCCCCCC)CCCCCCCC)CCCCNC(=O)OCc1ccccc1.[HH]. The Morgan fingerprint density at radius 3 is 1.47 bits per heavy atom. The Balaban J connectivity index is 0.0000384. The highest BCUT2D eigenvalue weighted by Gasteiger charge is 2.15. The van der Waals surface area contributed by atoms with Gasteiger partial charge in [-0.2, -0.15) is 0 Å². The molecule has 1 aromatic carbocycles. The average molecular weight is 873 g/mol. The van der Waals surface area contributed by atoms with Gasteiger partial charge in [0.15, 0.2) is 0 Å². The van der Waals surface area contributed by atoms with Gasteiger partial charge in [0.25, 0.3) is 0 Å². The van der Waals surface area contributed by atoms with Gasteiger partial charge >= 0.3 is 18.0 Å². The molecule has 362 valence electrons. The summed E-state index contributed by atoms with van der Waals surface area (Å²) >= 11 is 0. The normalized spacial score (nSPS) is 11.4. The Hall–Kier alpha value is -2.61. The number of benzene rings is 1. The number of rotatable bonds is 46. The molecule has 0 bridgehead atoms. The zero-order valence-electron chi connectivity index (χ0n) is 40.9. The summed E-state index contributed by atoms with van der Waals surface area (Å²) in [5, 5.41) is 2.91. The smallest absolute Gasteiger partial charge is 0.407 e. The minimum Gasteiger partial charge on any atom is -0.466 e. The fourth-order valence-electron chi connectivity index (χ4n) is 8.16. The van der Waals surface area contributed by atoms with Gasteiger partial charge in [-0.25, -0.2) is 4.79 Å². The van der Waals surface area contributed by atoms with Crippen molar-refractivity contribution >= 4 is 18.0 Å². The summed E-state index contributed by atoms with van der Waals surface area (Å²) in [5.41, 5.74) is 0.985. The molecule has 8 nitrogen and oxygen atoms in total. The number of ether oxygens (including phenoxy) is 3. The number of esters is 2. The van der Waals surface area contributed by atoms with Crippen LogP contribution in [0.2, 0.25) is 0 Å². The lowest BCUT2D eigenvalue weighted by Crippen LogP contribution is -2.29. The molecule has 1 amide bonds. The summed E-state index contributed by atoms with van der Waals surface area (Å²) in [4.78, 5) is 39.8. The van der Waals surface area contributed by atoms with Crippen LogP contribution >= 0.6 is 0 Å². The summed E-state index contributed by atoms with van der Waals surface area (Å²) in [6, 6.07) is 9.76. The maximum Gasteiger partial charge on any atom is 0.407 e. The monoisotopic (exact) mass is 873 g/mol. The number of unbranched alkanes of at least 4 members (excludes halogenated alkanes) is 25. The molecule has 0 atom stereocenters. The van der Waals surface area contributed by atoms with Crippen molar-refractivity contribution in [2.45, 2.75) is 258 Å². The number of carbonyl (C=O) groups excluding carboxylic acids is 3. The number of nitrogens with zero attached hydrogens (tertiary/aromatic N) is 1. The average Bonchev–Trinajstić information content (AvgIpc) is 3.27. The Bertz CT molecular complexity index is 1120. The van der Waals surface area contributed by atoms with E-state index >= 15 is 0 Å². The highest BCUT2D eigenvalue weighted by Crippen LogP contribution is 2.19. The van der Waals surface area contributed by atoms with Crippen molar-refractivity contribution < 1.29 is 30.0 Å². The molecule has 0 heterocycles. The van der Waals surface area contributed by atoms with Crippen molar-refractivity contribution in [3.63, 3.8) is 0 Å². The molecule has 0 radical (unpaired) electrons. The zero-order valence-corrected chi connectivity index (χ0v) is 40.9. The number of alkyl carbamates (subject to hydrolysis) is 1. The zero-order chi connectivity index (χ0) is 44.8. The number of nitrogens with one attached hydrogen (secondary N) is 1. The summed E-state index contributed by atoms with van der Waals surface area (Å²) < 4.78 is 16.9. The first-order valence-corrected chi connectivity index (χ1v) is 26.5. The Morgan fingerprint density at radius 1 is 0.500 bits per heavy atom. The largest absolute Gasteiger partial charge is 0.466 e. The van der Waals surface area contributed by atoms with Crippen molar-refractivity contribution in [2.24, 2.45) is 0 Å². The van der Waals surface area contributed by atoms with E-state index in [1.165, 1.54) is 122 Å². The van der Waals surface area contributed by atoms with Gasteiger partial charge in [-0.05, 0) is 95.8 Å². The second kappa shape index (κ2) is 45.0. The molecule has 0 aliphatic rings. The first-order chi connectivity index (χ1) is 30.5. The Morgan fingerprint density at radius 2 is 0.935 bits per heavy atom. The molecule has 0 aliphatic heterocycles. The molecular weight excluding hydrogens is 773 g/mol. The Kier molecular flexibility index (Phi) is 41.6. The van der Waals surface area contributed by atoms with Gasteiger partial charge in [0.2, 0.25) is 0 Å². The predicted octanol–water partition coefficient (Wildman–Crippen LogP) is 15.6. The third-order valence-electron chi connectivity index (χ3n) is 12.2. The quantitative estimate of drug-likeness (QED) is 0.0396. The van der Waals surface area contributed by atoms with Crippen LogP contribution in [0.1, 0.15) is 252 Å². The van der Waals surface area contributed by atoms with Gasteiger partial charge < -0.3 is 24.4 Å². The molecule has 0 aromatic heterocycles. The van der Waals surface area contributed by atoms with Crippen LogP contribution < -0.4 is 5.32 Å². The maximum absolute atomic E-state index is 12.9. The van der Waals surface area contributed by atoms with E-state index in [4.69, 9.17) is 14.2 Å². The summed E-state index contributed by atoms with van der Waals surface area (Å²) in [6.45, 7) is 11.4. The van der Waals surface area contributed by atoms with Crippen LogP contribution in [0.4, 0.5) is 4.79 Å². The van der Waals surface area contributed by atoms with E-state index in [9.17, 15) is 14.4 Å². The second-order valence-corrected chi connectivity index (χ2v) is 18.1. The van der Waals surface area contributed by atoms with Crippen molar-refractivity contribution in [1.82, 2.24) is 10.2 Å². The van der Waals surface area contributed by atoms with E-state index in [0.29, 0.717) is 26.0 Å². The topological polar surface area (TPSA) is 94.2 Å². The van der Waals surface area contributed by atoms with E-state index in [2.05, 4.69) is 31.0 Å². The lowest BCUT2D eigenvalue weighted by Gasteiger charge is -2.22. The molecule has 0 saturated heterocycles. The van der Waals surface area contributed by atoms with Crippen molar-refractivity contribution in [1.29, 1.82) is 0 Å². The van der Waals surface area contributed by atoms with Crippen LogP contribution in [0.15, 0.2) is 30.3 Å². The fourth-order valence-corrected chi connectivity index (χ4v) is 8.16. The minimum atomic E-state index is -0.360. The van der Waals surface area contributed by atoms with Gasteiger partial charge in [0.05, 0.1) is 6.61 Å².